The first-order chi connectivity index (χ1) is 14.1. The number of amides is 3. The van der Waals surface area contributed by atoms with E-state index in [4.69, 9.17) is 0 Å². The monoisotopic (exact) mass is 410 g/mol. The molecule has 0 saturated carbocycles. The van der Waals surface area contributed by atoms with E-state index in [1.54, 1.807) is 26.0 Å². The second kappa shape index (κ2) is 7.78. The molecular weight excluding hydrogens is 392 g/mol. The molecule has 0 spiro atoms. The fraction of sp³-hybridized carbons (Fsp3) is 0.190. The molecular formula is C21H18N2O7. The number of carboxylic acid groups (broad SMARTS) is 2. The van der Waals surface area contributed by atoms with Crippen molar-refractivity contribution in [2.75, 3.05) is 5.32 Å². The van der Waals surface area contributed by atoms with E-state index in [1.807, 2.05) is 0 Å². The summed E-state index contributed by atoms with van der Waals surface area (Å²) in [6.45, 7) is 3.31. The van der Waals surface area contributed by atoms with Crippen molar-refractivity contribution in [2.45, 2.75) is 19.9 Å². The second-order valence-electron chi connectivity index (χ2n) is 7.11. The molecule has 0 radical (unpaired) electrons. The van der Waals surface area contributed by atoms with Crippen molar-refractivity contribution in [1.29, 1.82) is 0 Å². The summed E-state index contributed by atoms with van der Waals surface area (Å²) in [6.07, 6.45) is 0. The lowest BCUT2D eigenvalue weighted by Crippen LogP contribution is -2.50. The number of hydrogen-bond donors (Lipinski definition) is 3. The lowest BCUT2D eigenvalue weighted by atomic mass is 10.0. The number of carboxylic acids is 2. The van der Waals surface area contributed by atoms with Gasteiger partial charge in [0, 0.05) is 5.69 Å². The Bertz CT molecular complexity index is 1020. The summed E-state index contributed by atoms with van der Waals surface area (Å²) in [5.74, 6) is -5.14. The van der Waals surface area contributed by atoms with Crippen molar-refractivity contribution >= 4 is 35.3 Å². The first kappa shape index (κ1) is 20.7. The van der Waals surface area contributed by atoms with Gasteiger partial charge in [-0.05, 0) is 36.2 Å². The number of imide groups is 1. The van der Waals surface area contributed by atoms with Crippen molar-refractivity contribution in [3.8, 4) is 0 Å². The molecule has 0 aliphatic carbocycles. The normalized spacial score (nSPS) is 13.9. The fourth-order valence-corrected chi connectivity index (χ4v) is 3.34. The SMILES string of the molecule is CC(C)[C@@H](C(=O)Nc1cc(C(=O)O)cc(C(=O)O)c1)N1C(=O)c2ccccc2C1=O. The molecule has 0 unspecified atom stereocenters. The maximum Gasteiger partial charge on any atom is 0.335 e. The van der Waals surface area contributed by atoms with E-state index in [9.17, 15) is 34.2 Å². The van der Waals surface area contributed by atoms with Crippen LogP contribution in [0.3, 0.4) is 0 Å². The Morgan fingerprint density at radius 1 is 0.867 bits per heavy atom. The van der Waals surface area contributed by atoms with Gasteiger partial charge in [0.25, 0.3) is 11.8 Å². The van der Waals surface area contributed by atoms with Gasteiger partial charge >= 0.3 is 11.9 Å². The van der Waals surface area contributed by atoms with Crippen LogP contribution in [0.25, 0.3) is 0 Å². The molecule has 1 heterocycles. The smallest absolute Gasteiger partial charge is 0.335 e. The molecule has 1 aliphatic rings. The number of hydrogen-bond acceptors (Lipinski definition) is 5. The van der Waals surface area contributed by atoms with Crippen LogP contribution in [-0.4, -0.2) is 50.8 Å². The zero-order valence-corrected chi connectivity index (χ0v) is 16.1. The second-order valence-corrected chi connectivity index (χ2v) is 7.11. The summed E-state index contributed by atoms with van der Waals surface area (Å²) in [6, 6.07) is 8.22. The van der Waals surface area contributed by atoms with Crippen LogP contribution in [-0.2, 0) is 4.79 Å². The van der Waals surface area contributed by atoms with Gasteiger partial charge in [0.15, 0.2) is 0 Å². The van der Waals surface area contributed by atoms with E-state index in [0.29, 0.717) is 0 Å². The molecule has 9 heteroatoms. The van der Waals surface area contributed by atoms with Crippen molar-refractivity contribution in [3.63, 3.8) is 0 Å². The van der Waals surface area contributed by atoms with Crippen LogP contribution in [0.4, 0.5) is 5.69 Å². The van der Waals surface area contributed by atoms with E-state index < -0.39 is 41.6 Å². The van der Waals surface area contributed by atoms with Crippen LogP contribution in [0.5, 0.6) is 0 Å². The standard InChI is InChI=1S/C21H18N2O7/c1-10(2)16(23-18(25)14-5-3-4-6-15(14)19(23)26)17(24)22-13-8-11(20(27)28)7-12(9-13)21(29)30/h3-10,16H,1-2H3,(H,22,24)(H,27,28)(H,29,30)/t16-/m0/s1. The molecule has 3 rings (SSSR count). The summed E-state index contributed by atoms with van der Waals surface area (Å²) in [5, 5.41) is 20.8. The highest BCUT2D eigenvalue weighted by Gasteiger charge is 2.43. The van der Waals surface area contributed by atoms with E-state index in [0.717, 1.165) is 23.1 Å². The quantitative estimate of drug-likeness (QED) is 0.621. The van der Waals surface area contributed by atoms with Crippen LogP contribution in [0.1, 0.15) is 55.3 Å². The minimum Gasteiger partial charge on any atom is -0.478 e. The summed E-state index contributed by atoms with van der Waals surface area (Å²) in [7, 11) is 0. The average Bonchev–Trinajstić information content (AvgIpc) is 2.93. The maximum absolute atomic E-state index is 13.0. The van der Waals surface area contributed by atoms with Crippen LogP contribution < -0.4 is 5.32 Å². The van der Waals surface area contributed by atoms with Crippen LogP contribution in [0, 0.1) is 5.92 Å². The zero-order valence-electron chi connectivity index (χ0n) is 16.1. The van der Waals surface area contributed by atoms with Crippen LogP contribution in [0.2, 0.25) is 0 Å². The Morgan fingerprint density at radius 3 is 1.73 bits per heavy atom. The molecule has 154 valence electrons. The number of benzene rings is 2. The number of nitrogens with one attached hydrogen (secondary N) is 1. The van der Waals surface area contributed by atoms with E-state index in [1.165, 1.54) is 12.1 Å². The Balaban J connectivity index is 1.95. The summed E-state index contributed by atoms with van der Waals surface area (Å²) in [4.78, 5) is 62.0. The van der Waals surface area contributed by atoms with Crippen molar-refractivity contribution in [2.24, 2.45) is 5.92 Å². The molecule has 0 saturated heterocycles. The molecule has 3 N–H and O–H groups in total. The Kier molecular flexibility index (Phi) is 5.37. The van der Waals surface area contributed by atoms with Gasteiger partial charge in [-0.3, -0.25) is 19.3 Å². The third-order valence-electron chi connectivity index (χ3n) is 4.70. The maximum atomic E-state index is 13.0. The van der Waals surface area contributed by atoms with Gasteiger partial charge in [-0.2, -0.15) is 0 Å². The predicted octanol–water partition coefficient (Wildman–Crippen LogP) is 2.34. The third kappa shape index (κ3) is 3.64. The largest absolute Gasteiger partial charge is 0.478 e. The van der Waals surface area contributed by atoms with Crippen LogP contribution in [0.15, 0.2) is 42.5 Å². The predicted molar refractivity (Wildman–Crippen MR) is 105 cm³/mol. The van der Waals surface area contributed by atoms with Gasteiger partial charge in [0.2, 0.25) is 5.91 Å². The van der Waals surface area contributed by atoms with Crippen molar-refractivity contribution in [3.05, 3.63) is 64.7 Å². The lowest BCUT2D eigenvalue weighted by Gasteiger charge is -2.28. The van der Waals surface area contributed by atoms with Crippen LogP contribution >= 0.6 is 0 Å². The highest BCUT2D eigenvalue weighted by molar-refractivity contribution is 6.23. The Labute approximate surface area is 170 Å². The van der Waals surface area contributed by atoms with E-state index >= 15 is 0 Å². The Hall–Kier alpha value is -4.01. The third-order valence-corrected chi connectivity index (χ3v) is 4.70. The first-order valence-corrected chi connectivity index (χ1v) is 9.01. The molecule has 2 aromatic carbocycles. The van der Waals surface area contributed by atoms with Crippen molar-refractivity contribution < 1.29 is 34.2 Å². The number of anilines is 1. The minimum absolute atomic E-state index is 0.0699. The lowest BCUT2D eigenvalue weighted by molar-refractivity contribution is -0.121. The number of carbonyl (C=O) groups excluding carboxylic acids is 3. The molecule has 1 atom stereocenters. The number of carbonyl (C=O) groups is 5. The van der Waals surface area contributed by atoms with Gasteiger partial charge in [-0.15, -0.1) is 0 Å². The van der Waals surface area contributed by atoms with Gasteiger partial charge < -0.3 is 15.5 Å². The number of aromatic carboxylic acids is 2. The van der Waals surface area contributed by atoms with E-state index in [2.05, 4.69) is 5.32 Å². The number of fused-ring (bicyclic) bond motifs is 1. The zero-order chi connectivity index (χ0) is 22.2. The highest BCUT2D eigenvalue weighted by atomic mass is 16.4. The molecule has 3 amide bonds. The molecule has 0 fully saturated rings. The number of nitrogens with zero attached hydrogens (tertiary/aromatic N) is 1. The molecule has 1 aliphatic heterocycles. The molecule has 2 aromatic rings. The van der Waals surface area contributed by atoms with Crippen molar-refractivity contribution in [1.82, 2.24) is 4.90 Å². The molecule has 0 bridgehead atoms. The fourth-order valence-electron chi connectivity index (χ4n) is 3.34. The summed E-state index contributed by atoms with van der Waals surface area (Å²) >= 11 is 0. The molecule has 0 aromatic heterocycles. The molecule has 30 heavy (non-hydrogen) atoms. The minimum atomic E-state index is -1.37. The highest BCUT2D eigenvalue weighted by Crippen LogP contribution is 2.28. The van der Waals surface area contributed by atoms with E-state index in [-0.39, 0.29) is 27.9 Å². The van der Waals surface area contributed by atoms with Gasteiger partial charge in [-0.1, -0.05) is 26.0 Å². The topological polar surface area (TPSA) is 141 Å². The summed E-state index contributed by atoms with van der Waals surface area (Å²) in [5.41, 5.74) is -0.331. The first-order valence-electron chi connectivity index (χ1n) is 9.01. The average molecular weight is 410 g/mol. The van der Waals surface area contributed by atoms with Gasteiger partial charge in [-0.25, -0.2) is 9.59 Å². The number of rotatable bonds is 6. The Morgan fingerprint density at radius 2 is 1.33 bits per heavy atom. The van der Waals surface area contributed by atoms with Gasteiger partial charge in [0.1, 0.15) is 6.04 Å². The molecule has 9 nitrogen and oxygen atoms in total. The van der Waals surface area contributed by atoms with Gasteiger partial charge in [0.05, 0.1) is 22.3 Å². The summed E-state index contributed by atoms with van der Waals surface area (Å²) < 4.78 is 0.